The lowest BCUT2D eigenvalue weighted by atomic mass is 10.1. The van der Waals surface area contributed by atoms with Crippen LogP contribution in [0.3, 0.4) is 0 Å². The SMILES string of the molecule is N[C@@H]1CCCN(C(=O)c2cnc(-c3ccncc3)s2)C1. The van der Waals surface area contributed by atoms with Crippen molar-refractivity contribution in [3.05, 3.63) is 35.6 Å². The van der Waals surface area contributed by atoms with Crippen molar-refractivity contribution >= 4 is 17.2 Å². The van der Waals surface area contributed by atoms with Gasteiger partial charge in [-0.2, -0.15) is 0 Å². The molecule has 0 radical (unpaired) electrons. The lowest BCUT2D eigenvalue weighted by molar-refractivity contribution is 0.0713. The molecule has 20 heavy (non-hydrogen) atoms. The van der Waals surface area contributed by atoms with Gasteiger partial charge in [-0.05, 0) is 25.0 Å². The molecule has 1 atom stereocenters. The molecule has 2 N–H and O–H groups in total. The van der Waals surface area contributed by atoms with Gasteiger partial charge in [-0.25, -0.2) is 4.98 Å². The van der Waals surface area contributed by atoms with Crippen molar-refractivity contribution in [2.24, 2.45) is 5.73 Å². The second-order valence-corrected chi connectivity index (χ2v) is 5.95. The van der Waals surface area contributed by atoms with Crippen molar-refractivity contribution < 1.29 is 4.79 Å². The predicted molar refractivity (Wildman–Crippen MR) is 78.5 cm³/mol. The van der Waals surface area contributed by atoms with E-state index in [0.29, 0.717) is 11.4 Å². The van der Waals surface area contributed by atoms with Crippen molar-refractivity contribution in [1.29, 1.82) is 0 Å². The van der Waals surface area contributed by atoms with Gasteiger partial charge in [-0.3, -0.25) is 9.78 Å². The first kappa shape index (κ1) is 13.2. The first-order valence-electron chi connectivity index (χ1n) is 6.65. The fraction of sp³-hybridized carbons (Fsp3) is 0.357. The van der Waals surface area contributed by atoms with Gasteiger partial charge in [0.25, 0.3) is 5.91 Å². The maximum Gasteiger partial charge on any atom is 0.265 e. The van der Waals surface area contributed by atoms with Gasteiger partial charge in [0.2, 0.25) is 0 Å². The van der Waals surface area contributed by atoms with Gasteiger partial charge in [-0.1, -0.05) is 0 Å². The van der Waals surface area contributed by atoms with Gasteiger partial charge in [-0.15, -0.1) is 11.3 Å². The van der Waals surface area contributed by atoms with Crippen LogP contribution in [0.5, 0.6) is 0 Å². The highest BCUT2D eigenvalue weighted by Gasteiger charge is 2.23. The Bertz CT molecular complexity index is 598. The van der Waals surface area contributed by atoms with Crippen LogP contribution in [0.15, 0.2) is 30.7 Å². The van der Waals surface area contributed by atoms with Crippen LogP contribution in [-0.2, 0) is 0 Å². The van der Waals surface area contributed by atoms with E-state index in [1.807, 2.05) is 17.0 Å². The minimum absolute atomic E-state index is 0.0398. The Morgan fingerprint density at radius 1 is 1.40 bits per heavy atom. The molecule has 3 heterocycles. The number of rotatable bonds is 2. The molecule has 2 aromatic heterocycles. The topological polar surface area (TPSA) is 72.1 Å². The largest absolute Gasteiger partial charge is 0.336 e. The molecule has 3 rings (SSSR count). The summed E-state index contributed by atoms with van der Waals surface area (Å²) in [5.74, 6) is 0.0398. The van der Waals surface area contributed by atoms with Crippen LogP contribution in [-0.4, -0.2) is 39.9 Å². The van der Waals surface area contributed by atoms with E-state index in [9.17, 15) is 4.79 Å². The van der Waals surface area contributed by atoms with Crippen LogP contribution >= 0.6 is 11.3 Å². The molecule has 1 amide bonds. The molecule has 0 aliphatic carbocycles. The summed E-state index contributed by atoms with van der Waals surface area (Å²) in [5, 5.41) is 0.844. The summed E-state index contributed by atoms with van der Waals surface area (Å²) >= 11 is 1.42. The molecule has 1 aliphatic heterocycles. The summed E-state index contributed by atoms with van der Waals surface area (Å²) in [6.45, 7) is 1.43. The number of nitrogens with zero attached hydrogens (tertiary/aromatic N) is 3. The highest BCUT2D eigenvalue weighted by atomic mass is 32.1. The highest BCUT2D eigenvalue weighted by Crippen LogP contribution is 2.26. The zero-order valence-electron chi connectivity index (χ0n) is 11.0. The molecule has 1 saturated heterocycles. The van der Waals surface area contributed by atoms with Gasteiger partial charge < -0.3 is 10.6 Å². The third-order valence-electron chi connectivity index (χ3n) is 3.39. The minimum Gasteiger partial charge on any atom is -0.336 e. The molecule has 6 heteroatoms. The maximum absolute atomic E-state index is 12.4. The second-order valence-electron chi connectivity index (χ2n) is 4.92. The van der Waals surface area contributed by atoms with Crippen molar-refractivity contribution in [2.75, 3.05) is 13.1 Å². The predicted octanol–water partition coefficient (Wildman–Crippen LogP) is 1.77. The van der Waals surface area contributed by atoms with Gasteiger partial charge in [0.1, 0.15) is 9.88 Å². The first-order valence-corrected chi connectivity index (χ1v) is 7.47. The van der Waals surface area contributed by atoms with E-state index in [1.54, 1.807) is 18.6 Å². The number of piperidine rings is 1. The van der Waals surface area contributed by atoms with Gasteiger partial charge in [0, 0.05) is 37.1 Å². The van der Waals surface area contributed by atoms with Crippen molar-refractivity contribution in [3.8, 4) is 10.6 Å². The number of likely N-dealkylation sites (tertiary alicyclic amines) is 1. The fourth-order valence-corrected chi connectivity index (χ4v) is 3.24. The van der Waals surface area contributed by atoms with E-state index in [1.165, 1.54) is 11.3 Å². The minimum atomic E-state index is 0.0398. The zero-order chi connectivity index (χ0) is 13.9. The van der Waals surface area contributed by atoms with Gasteiger partial charge in [0.15, 0.2) is 0 Å². The van der Waals surface area contributed by atoms with Crippen LogP contribution in [0, 0.1) is 0 Å². The summed E-state index contributed by atoms with van der Waals surface area (Å²) in [5.41, 5.74) is 6.91. The molecule has 0 saturated carbocycles. The van der Waals surface area contributed by atoms with Crippen molar-refractivity contribution in [2.45, 2.75) is 18.9 Å². The zero-order valence-corrected chi connectivity index (χ0v) is 11.8. The van der Waals surface area contributed by atoms with Crippen LogP contribution in [0.4, 0.5) is 0 Å². The molecule has 5 nitrogen and oxygen atoms in total. The number of thiazole rings is 1. The van der Waals surface area contributed by atoms with Crippen LogP contribution in [0.2, 0.25) is 0 Å². The number of amides is 1. The molecule has 104 valence electrons. The average molecular weight is 288 g/mol. The normalized spacial score (nSPS) is 19.1. The Kier molecular flexibility index (Phi) is 3.75. The standard InChI is InChI=1S/C14H16N4OS/c15-11-2-1-7-18(9-11)14(19)12-8-17-13(20-12)10-3-5-16-6-4-10/h3-6,8,11H,1-2,7,9,15H2/t11-/m1/s1. The van der Waals surface area contributed by atoms with Crippen LogP contribution < -0.4 is 5.73 Å². The third-order valence-corrected chi connectivity index (χ3v) is 4.42. The molecule has 0 spiro atoms. The van der Waals surface area contributed by atoms with E-state index < -0.39 is 0 Å². The van der Waals surface area contributed by atoms with E-state index in [0.717, 1.165) is 30.0 Å². The summed E-state index contributed by atoms with van der Waals surface area (Å²) in [7, 11) is 0. The molecule has 1 fully saturated rings. The Labute approximate surface area is 121 Å². The van der Waals surface area contributed by atoms with Crippen molar-refractivity contribution in [3.63, 3.8) is 0 Å². The highest BCUT2D eigenvalue weighted by molar-refractivity contribution is 7.16. The number of hydrogen-bond acceptors (Lipinski definition) is 5. The average Bonchev–Trinajstić information content (AvgIpc) is 2.97. The van der Waals surface area contributed by atoms with Gasteiger partial charge in [0.05, 0.1) is 6.20 Å². The summed E-state index contributed by atoms with van der Waals surface area (Å²) in [6, 6.07) is 3.88. The first-order chi connectivity index (χ1) is 9.74. The van der Waals surface area contributed by atoms with E-state index in [4.69, 9.17) is 5.73 Å². The maximum atomic E-state index is 12.4. The molecule has 0 unspecified atom stereocenters. The van der Waals surface area contributed by atoms with E-state index >= 15 is 0 Å². The van der Waals surface area contributed by atoms with E-state index in [-0.39, 0.29) is 11.9 Å². The van der Waals surface area contributed by atoms with E-state index in [2.05, 4.69) is 9.97 Å². The lowest BCUT2D eigenvalue weighted by Crippen LogP contribution is -2.45. The van der Waals surface area contributed by atoms with Crippen molar-refractivity contribution in [1.82, 2.24) is 14.9 Å². The number of aromatic nitrogens is 2. The second kappa shape index (κ2) is 5.68. The number of pyridine rings is 1. The number of nitrogens with two attached hydrogens (primary N) is 1. The Balaban J connectivity index is 1.78. The molecule has 0 bridgehead atoms. The summed E-state index contributed by atoms with van der Waals surface area (Å²) in [4.78, 5) is 23.2. The summed E-state index contributed by atoms with van der Waals surface area (Å²) < 4.78 is 0. The van der Waals surface area contributed by atoms with Gasteiger partial charge >= 0.3 is 0 Å². The quantitative estimate of drug-likeness (QED) is 0.914. The molecular formula is C14H16N4OS. The molecule has 2 aromatic rings. The monoisotopic (exact) mass is 288 g/mol. The number of hydrogen-bond donors (Lipinski definition) is 1. The Morgan fingerprint density at radius 2 is 2.20 bits per heavy atom. The molecule has 0 aromatic carbocycles. The Morgan fingerprint density at radius 3 is 2.95 bits per heavy atom. The van der Waals surface area contributed by atoms with Crippen LogP contribution in [0.25, 0.3) is 10.6 Å². The smallest absolute Gasteiger partial charge is 0.265 e. The molecular weight excluding hydrogens is 272 g/mol. The number of carbonyl (C=O) groups excluding carboxylic acids is 1. The molecule has 1 aliphatic rings. The lowest BCUT2D eigenvalue weighted by Gasteiger charge is -2.30. The summed E-state index contributed by atoms with van der Waals surface area (Å²) in [6.07, 6.45) is 7.07. The third kappa shape index (κ3) is 2.71. The Hall–Kier alpha value is -1.79. The number of carbonyl (C=O) groups is 1. The van der Waals surface area contributed by atoms with Crippen LogP contribution in [0.1, 0.15) is 22.5 Å². The fourth-order valence-electron chi connectivity index (χ4n) is 2.35.